The Balaban J connectivity index is 1.84. The third kappa shape index (κ3) is 5.36. The molecule has 0 aromatic carbocycles. The van der Waals surface area contributed by atoms with Crippen LogP contribution in [-0.4, -0.2) is 46.7 Å². The van der Waals surface area contributed by atoms with Gasteiger partial charge in [0, 0.05) is 31.7 Å². The predicted molar refractivity (Wildman–Crippen MR) is 119 cm³/mol. The van der Waals surface area contributed by atoms with Crippen molar-refractivity contribution in [2.75, 3.05) is 23.3 Å². The lowest BCUT2D eigenvalue weighted by Crippen LogP contribution is -2.49. The van der Waals surface area contributed by atoms with Crippen molar-refractivity contribution in [1.29, 1.82) is 0 Å². The fourth-order valence-electron chi connectivity index (χ4n) is 3.68. The van der Waals surface area contributed by atoms with Gasteiger partial charge in [-0.2, -0.15) is 0 Å². The normalized spacial score (nSPS) is 17.1. The number of pyridine rings is 1. The maximum absolute atomic E-state index is 12.2. The Bertz CT molecular complexity index is 921. The lowest BCUT2D eigenvalue weighted by Gasteiger charge is -2.36. The number of piperidine rings is 1. The monoisotopic (exact) mass is 435 g/mol. The number of aromatic amines is 1. The third-order valence-corrected chi connectivity index (χ3v) is 5.12. The Hall–Kier alpha value is -2.48. The van der Waals surface area contributed by atoms with Crippen molar-refractivity contribution in [1.82, 2.24) is 15.3 Å². The highest BCUT2D eigenvalue weighted by Gasteiger charge is 2.27. The molecule has 3 rings (SSSR count). The van der Waals surface area contributed by atoms with Gasteiger partial charge in [0.05, 0.1) is 28.0 Å². The summed E-state index contributed by atoms with van der Waals surface area (Å²) in [7, 11) is 0. The van der Waals surface area contributed by atoms with Gasteiger partial charge in [-0.05, 0) is 40.0 Å². The number of hydrogen-bond donors (Lipinski definition) is 3. The van der Waals surface area contributed by atoms with Crippen molar-refractivity contribution >= 4 is 46.0 Å². The van der Waals surface area contributed by atoms with E-state index in [1.54, 1.807) is 12.4 Å². The van der Waals surface area contributed by atoms with E-state index in [1.807, 2.05) is 27.7 Å². The van der Waals surface area contributed by atoms with Crippen LogP contribution in [0.1, 0.15) is 53.4 Å². The van der Waals surface area contributed by atoms with E-state index in [0.717, 1.165) is 36.9 Å². The second-order valence-corrected chi connectivity index (χ2v) is 9.02. The van der Waals surface area contributed by atoms with Gasteiger partial charge in [-0.25, -0.2) is 9.78 Å². The van der Waals surface area contributed by atoms with Gasteiger partial charge in [0.25, 0.3) is 0 Å². The molecule has 164 valence electrons. The maximum atomic E-state index is 12.2. The van der Waals surface area contributed by atoms with E-state index in [4.69, 9.17) is 16.3 Å². The summed E-state index contributed by atoms with van der Waals surface area (Å²) in [6.45, 7) is 8.86. The number of ether oxygens (including phenoxy) is 1. The molecular formula is C21H30ClN5O3. The standard InChI is InChI=1S/C21H30ClN5O3/c1-5-7-16(28)26-15-11-24-19-17(15)18(14(22)10-23-19)27-9-6-8-13(12-27)25-20(29)30-21(2,3)4/h10-11,13H,5-9,12H2,1-4H3,(H,23,24)(H,25,29)(H,26,28). The number of alkyl carbamates (subject to hydrolysis) is 1. The van der Waals surface area contributed by atoms with Crippen molar-refractivity contribution in [3.8, 4) is 0 Å². The fourth-order valence-corrected chi connectivity index (χ4v) is 3.94. The van der Waals surface area contributed by atoms with Gasteiger partial charge in [0.2, 0.25) is 5.91 Å². The van der Waals surface area contributed by atoms with Gasteiger partial charge in [0.1, 0.15) is 11.2 Å². The fraction of sp³-hybridized carbons (Fsp3) is 0.571. The van der Waals surface area contributed by atoms with Crippen LogP contribution in [0.3, 0.4) is 0 Å². The van der Waals surface area contributed by atoms with Crippen LogP contribution >= 0.6 is 11.6 Å². The van der Waals surface area contributed by atoms with Crippen molar-refractivity contribution in [3.05, 3.63) is 17.4 Å². The van der Waals surface area contributed by atoms with Gasteiger partial charge in [0.15, 0.2) is 0 Å². The molecule has 3 heterocycles. The van der Waals surface area contributed by atoms with Crippen LogP contribution in [0.25, 0.3) is 11.0 Å². The Morgan fingerprint density at radius 2 is 2.17 bits per heavy atom. The molecule has 2 aromatic rings. The number of rotatable bonds is 5. The SMILES string of the molecule is CCCC(=O)Nc1c[nH]c2ncc(Cl)c(N3CCCC(NC(=O)OC(C)(C)C)C3)c12. The summed E-state index contributed by atoms with van der Waals surface area (Å²) in [6, 6.07) is -0.0649. The summed E-state index contributed by atoms with van der Waals surface area (Å²) in [6.07, 6.45) is 5.89. The molecule has 1 aliphatic heterocycles. The highest BCUT2D eigenvalue weighted by atomic mass is 35.5. The minimum absolute atomic E-state index is 0.0487. The van der Waals surface area contributed by atoms with Crippen LogP contribution in [0.5, 0.6) is 0 Å². The quantitative estimate of drug-likeness (QED) is 0.644. The second kappa shape index (κ2) is 9.12. The number of anilines is 2. The Labute approximate surface area is 181 Å². The van der Waals surface area contributed by atoms with E-state index >= 15 is 0 Å². The smallest absolute Gasteiger partial charge is 0.407 e. The van der Waals surface area contributed by atoms with Gasteiger partial charge in [-0.3, -0.25) is 4.79 Å². The van der Waals surface area contributed by atoms with Crippen LogP contribution in [0.2, 0.25) is 5.02 Å². The van der Waals surface area contributed by atoms with E-state index in [2.05, 4.69) is 25.5 Å². The first-order chi connectivity index (χ1) is 14.2. The predicted octanol–water partition coefficient (Wildman–Crippen LogP) is 4.45. The van der Waals surface area contributed by atoms with Gasteiger partial charge >= 0.3 is 6.09 Å². The van der Waals surface area contributed by atoms with Crippen LogP contribution in [0, 0.1) is 0 Å². The molecule has 1 atom stereocenters. The number of carbonyl (C=O) groups excluding carboxylic acids is 2. The number of H-pyrrole nitrogens is 1. The van der Waals surface area contributed by atoms with Gasteiger partial charge in [-0.15, -0.1) is 0 Å². The Kier molecular flexibility index (Phi) is 6.75. The number of nitrogens with zero attached hydrogens (tertiary/aromatic N) is 2. The summed E-state index contributed by atoms with van der Waals surface area (Å²) in [5.74, 6) is -0.0487. The molecule has 0 aliphatic carbocycles. The highest BCUT2D eigenvalue weighted by Crippen LogP contribution is 2.38. The zero-order chi connectivity index (χ0) is 21.9. The van der Waals surface area contributed by atoms with Gasteiger partial charge in [-0.1, -0.05) is 18.5 Å². The molecule has 0 bridgehead atoms. The van der Waals surface area contributed by atoms with Crippen LogP contribution in [0.15, 0.2) is 12.4 Å². The summed E-state index contributed by atoms with van der Waals surface area (Å²) in [5, 5.41) is 7.21. The maximum Gasteiger partial charge on any atom is 0.407 e. The molecule has 0 saturated carbocycles. The summed E-state index contributed by atoms with van der Waals surface area (Å²) in [5.41, 5.74) is 1.58. The second-order valence-electron chi connectivity index (χ2n) is 8.61. The molecular weight excluding hydrogens is 406 g/mol. The number of amides is 2. The summed E-state index contributed by atoms with van der Waals surface area (Å²) < 4.78 is 5.39. The molecule has 0 spiro atoms. The number of halogens is 1. The molecule has 8 nitrogen and oxygen atoms in total. The largest absolute Gasteiger partial charge is 0.444 e. The first-order valence-corrected chi connectivity index (χ1v) is 10.8. The molecule has 2 aromatic heterocycles. The lowest BCUT2D eigenvalue weighted by atomic mass is 10.0. The first kappa shape index (κ1) is 22.2. The molecule has 3 N–H and O–H groups in total. The van der Waals surface area contributed by atoms with Crippen molar-refractivity contribution in [2.45, 2.75) is 65.0 Å². The number of nitrogens with one attached hydrogen (secondary N) is 3. The highest BCUT2D eigenvalue weighted by molar-refractivity contribution is 6.35. The first-order valence-electron chi connectivity index (χ1n) is 10.4. The molecule has 1 fully saturated rings. The molecule has 1 unspecified atom stereocenters. The Morgan fingerprint density at radius 1 is 1.40 bits per heavy atom. The van der Waals surface area contributed by atoms with E-state index < -0.39 is 11.7 Å². The summed E-state index contributed by atoms with van der Waals surface area (Å²) >= 11 is 6.56. The van der Waals surface area contributed by atoms with Crippen LogP contribution in [0.4, 0.5) is 16.2 Å². The van der Waals surface area contributed by atoms with Crippen LogP contribution < -0.4 is 15.5 Å². The Morgan fingerprint density at radius 3 is 2.87 bits per heavy atom. The molecule has 9 heteroatoms. The molecule has 30 heavy (non-hydrogen) atoms. The molecule has 2 amide bonds. The van der Waals surface area contributed by atoms with E-state index in [9.17, 15) is 9.59 Å². The minimum Gasteiger partial charge on any atom is -0.444 e. The molecule has 0 radical (unpaired) electrons. The number of aromatic nitrogens is 2. The minimum atomic E-state index is -0.546. The average molecular weight is 436 g/mol. The zero-order valence-electron chi connectivity index (χ0n) is 18.0. The zero-order valence-corrected chi connectivity index (χ0v) is 18.7. The summed E-state index contributed by atoms with van der Waals surface area (Å²) in [4.78, 5) is 34.0. The average Bonchev–Trinajstić information content (AvgIpc) is 3.03. The topological polar surface area (TPSA) is 99.4 Å². The molecule has 1 aliphatic rings. The number of carbonyl (C=O) groups is 2. The lowest BCUT2D eigenvalue weighted by molar-refractivity contribution is -0.116. The van der Waals surface area contributed by atoms with Crippen molar-refractivity contribution in [2.24, 2.45) is 0 Å². The molecule has 1 saturated heterocycles. The number of fused-ring (bicyclic) bond motifs is 1. The van der Waals surface area contributed by atoms with Crippen molar-refractivity contribution in [3.63, 3.8) is 0 Å². The number of hydrogen-bond acceptors (Lipinski definition) is 5. The van der Waals surface area contributed by atoms with Gasteiger partial charge < -0.3 is 25.3 Å². The third-order valence-electron chi connectivity index (χ3n) is 4.84. The van der Waals surface area contributed by atoms with E-state index in [0.29, 0.717) is 29.3 Å². The van der Waals surface area contributed by atoms with Crippen LogP contribution in [-0.2, 0) is 9.53 Å². The van der Waals surface area contributed by atoms with E-state index in [1.165, 1.54) is 0 Å². The van der Waals surface area contributed by atoms with E-state index in [-0.39, 0.29) is 11.9 Å². The van der Waals surface area contributed by atoms with Crippen molar-refractivity contribution < 1.29 is 14.3 Å².